The van der Waals surface area contributed by atoms with E-state index in [0.29, 0.717) is 30.8 Å². The SMILES string of the molecule is O=C(CCCNC(=O)c1cccs1)NCc1ccccc1. The van der Waals surface area contributed by atoms with E-state index in [0.717, 1.165) is 5.56 Å². The third-order valence-corrected chi connectivity index (χ3v) is 3.81. The summed E-state index contributed by atoms with van der Waals surface area (Å²) in [7, 11) is 0. The first kappa shape index (κ1) is 15.3. The van der Waals surface area contributed by atoms with Crippen molar-refractivity contribution in [3.63, 3.8) is 0 Å². The van der Waals surface area contributed by atoms with Gasteiger partial charge in [-0.25, -0.2) is 0 Å². The Labute approximate surface area is 128 Å². The highest BCUT2D eigenvalue weighted by Gasteiger charge is 2.06. The van der Waals surface area contributed by atoms with E-state index in [9.17, 15) is 9.59 Å². The van der Waals surface area contributed by atoms with Crippen LogP contribution in [0.5, 0.6) is 0 Å². The van der Waals surface area contributed by atoms with E-state index >= 15 is 0 Å². The van der Waals surface area contributed by atoms with Crippen LogP contribution in [-0.2, 0) is 11.3 Å². The van der Waals surface area contributed by atoms with Gasteiger partial charge in [-0.2, -0.15) is 0 Å². The van der Waals surface area contributed by atoms with Gasteiger partial charge in [-0.3, -0.25) is 9.59 Å². The maximum Gasteiger partial charge on any atom is 0.261 e. The van der Waals surface area contributed by atoms with Gasteiger partial charge in [0.25, 0.3) is 5.91 Å². The number of nitrogens with one attached hydrogen (secondary N) is 2. The number of hydrogen-bond acceptors (Lipinski definition) is 3. The van der Waals surface area contributed by atoms with E-state index in [1.54, 1.807) is 6.07 Å². The summed E-state index contributed by atoms with van der Waals surface area (Å²) in [5, 5.41) is 7.54. The third kappa shape index (κ3) is 5.39. The van der Waals surface area contributed by atoms with Crippen molar-refractivity contribution in [3.05, 3.63) is 58.3 Å². The molecule has 0 unspecified atom stereocenters. The van der Waals surface area contributed by atoms with E-state index < -0.39 is 0 Å². The van der Waals surface area contributed by atoms with Crippen LogP contribution in [0.3, 0.4) is 0 Å². The monoisotopic (exact) mass is 302 g/mol. The van der Waals surface area contributed by atoms with Crippen molar-refractivity contribution in [1.29, 1.82) is 0 Å². The van der Waals surface area contributed by atoms with Gasteiger partial charge in [-0.15, -0.1) is 11.3 Å². The minimum atomic E-state index is -0.0744. The Morgan fingerprint density at radius 3 is 2.52 bits per heavy atom. The molecule has 2 amide bonds. The average molecular weight is 302 g/mol. The quantitative estimate of drug-likeness (QED) is 0.772. The Balaban J connectivity index is 1.58. The highest BCUT2D eigenvalue weighted by atomic mass is 32.1. The predicted octanol–water partition coefficient (Wildman–Crippen LogP) is 2.57. The van der Waals surface area contributed by atoms with Crippen LogP contribution >= 0.6 is 11.3 Å². The molecule has 5 heteroatoms. The Morgan fingerprint density at radius 2 is 1.81 bits per heavy atom. The summed E-state index contributed by atoms with van der Waals surface area (Å²) in [5.74, 6) is -0.0704. The van der Waals surface area contributed by atoms with Gasteiger partial charge in [0.15, 0.2) is 0 Å². The molecule has 2 N–H and O–H groups in total. The summed E-state index contributed by atoms with van der Waals surface area (Å²) >= 11 is 1.41. The van der Waals surface area contributed by atoms with Crippen LogP contribution in [0.2, 0.25) is 0 Å². The minimum absolute atomic E-state index is 0.00391. The number of carbonyl (C=O) groups is 2. The second kappa shape index (κ2) is 8.21. The molecule has 0 bridgehead atoms. The fraction of sp³-hybridized carbons (Fsp3) is 0.250. The molecule has 1 aromatic carbocycles. The lowest BCUT2D eigenvalue weighted by atomic mass is 10.2. The largest absolute Gasteiger partial charge is 0.352 e. The Bertz CT molecular complexity index is 567. The molecule has 0 atom stereocenters. The molecule has 0 aliphatic heterocycles. The van der Waals surface area contributed by atoms with Crippen molar-refractivity contribution in [2.45, 2.75) is 19.4 Å². The summed E-state index contributed by atoms with van der Waals surface area (Å²) < 4.78 is 0. The number of thiophene rings is 1. The molecule has 2 rings (SSSR count). The molecule has 4 nitrogen and oxygen atoms in total. The van der Waals surface area contributed by atoms with Gasteiger partial charge in [0.05, 0.1) is 4.88 Å². The van der Waals surface area contributed by atoms with Gasteiger partial charge in [-0.05, 0) is 23.4 Å². The normalized spacial score (nSPS) is 10.1. The minimum Gasteiger partial charge on any atom is -0.352 e. The Hall–Kier alpha value is -2.14. The van der Waals surface area contributed by atoms with E-state index in [4.69, 9.17) is 0 Å². The molecule has 0 saturated heterocycles. The summed E-state index contributed by atoms with van der Waals surface area (Å²) in [6, 6.07) is 13.4. The first-order valence-electron chi connectivity index (χ1n) is 6.88. The molecule has 0 spiro atoms. The van der Waals surface area contributed by atoms with Crippen LogP contribution < -0.4 is 10.6 Å². The lowest BCUT2D eigenvalue weighted by Gasteiger charge is -2.06. The lowest BCUT2D eigenvalue weighted by Crippen LogP contribution is -2.26. The van der Waals surface area contributed by atoms with Gasteiger partial charge in [0.2, 0.25) is 5.91 Å². The van der Waals surface area contributed by atoms with E-state index in [-0.39, 0.29) is 11.8 Å². The maximum atomic E-state index is 11.7. The number of amides is 2. The fourth-order valence-electron chi connectivity index (χ4n) is 1.83. The topological polar surface area (TPSA) is 58.2 Å². The van der Waals surface area contributed by atoms with Crippen molar-refractivity contribution in [2.75, 3.05) is 6.54 Å². The molecule has 0 aliphatic rings. The van der Waals surface area contributed by atoms with Crippen LogP contribution in [0.4, 0.5) is 0 Å². The number of carbonyl (C=O) groups excluding carboxylic acids is 2. The first-order chi connectivity index (χ1) is 10.3. The molecule has 0 radical (unpaired) electrons. The zero-order valence-corrected chi connectivity index (χ0v) is 12.5. The molecular weight excluding hydrogens is 284 g/mol. The summed E-state index contributed by atoms with van der Waals surface area (Å²) in [6.45, 7) is 1.05. The highest BCUT2D eigenvalue weighted by molar-refractivity contribution is 7.12. The Kier molecular flexibility index (Phi) is 5.97. The lowest BCUT2D eigenvalue weighted by molar-refractivity contribution is -0.121. The smallest absolute Gasteiger partial charge is 0.261 e. The molecule has 2 aromatic rings. The highest BCUT2D eigenvalue weighted by Crippen LogP contribution is 2.07. The maximum absolute atomic E-state index is 11.7. The summed E-state index contributed by atoms with van der Waals surface area (Å²) in [5.41, 5.74) is 1.08. The van der Waals surface area contributed by atoms with Crippen LogP contribution in [0.25, 0.3) is 0 Å². The third-order valence-electron chi connectivity index (χ3n) is 2.94. The second-order valence-electron chi connectivity index (χ2n) is 4.60. The van der Waals surface area contributed by atoms with Crippen molar-refractivity contribution in [3.8, 4) is 0 Å². The molecule has 0 fully saturated rings. The van der Waals surface area contributed by atoms with Crippen molar-refractivity contribution in [2.24, 2.45) is 0 Å². The average Bonchev–Trinajstić information content (AvgIpc) is 3.05. The number of rotatable bonds is 7. The number of benzene rings is 1. The molecule has 110 valence electrons. The van der Waals surface area contributed by atoms with Gasteiger partial charge in [0.1, 0.15) is 0 Å². The summed E-state index contributed by atoms with van der Waals surface area (Å²) in [4.78, 5) is 24.0. The molecule has 1 aromatic heterocycles. The van der Waals surface area contributed by atoms with Gasteiger partial charge in [-0.1, -0.05) is 36.4 Å². The second-order valence-corrected chi connectivity index (χ2v) is 5.55. The molecular formula is C16H18N2O2S. The van der Waals surface area contributed by atoms with Gasteiger partial charge >= 0.3 is 0 Å². The van der Waals surface area contributed by atoms with Crippen LogP contribution in [0.15, 0.2) is 47.8 Å². The summed E-state index contributed by atoms with van der Waals surface area (Å²) in [6.07, 6.45) is 1.05. The molecule has 21 heavy (non-hydrogen) atoms. The van der Waals surface area contributed by atoms with Crippen molar-refractivity contribution in [1.82, 2.24) is 10.6 Å². The van der Waals surface area contributed by atoms with E-state index in [1.807, 2.05) is 41.8 Å². The predicted molar refractivity (Wildman–Crippen MR) is 84.2 cm³/mol. The first-order valence-corrected chi connectivity index (χ1v) is 7.76. The molecule has 0 saturated carbocycles. The van der Waals surface area contributed by atoms with Crippen LogP contribution in [0.1, 0.15) is 28.1 Å². The van der Waals surface area contributed by atoms with E-state index in [2.05, 4.69) is 10.6 Å². The zero-order chi connectivity index (χ0) is 14.9. The standard InChI is InChI=1S/C16H18N2O2S/c19-15(18-12-13-6-2-1-3-7-13)9-4-10-17-16(20)14-8-5-11-21-14/h1-3,5-8,11H,4,9-10,12H2,(H,17,20)(H,18,19). The van der Waals surface area contributed by atoms with Crippen LogP contribution in [0, 0.1) is 0 Å². The van der Waals surface area contributed by atoms with Gasteiger partial charge < -0.3 is 10.6 Å². The van der Waals surface area contributed by atoms with Gasteiger partial charge in [0, 0.05) is 19.5 Å². The molecule has 1 heterocycles. The van der Waals surface area contributed by atoms with Crippen molar-refractivity contribution >= 4 is 23.2 Å². The zero-order valence-electron chi connectivity index (χ0n) is 11.7. The molecule has 0 aliphatic carbocycles. The van der Waals surface area contributed by atoms with Crippen molar-refractivity contribution < 1.29 is 9.59 Å². The van der Waals surface area contributed by atoms with Crippen LogP contribution in [-0.4, -0.2) is 18.4 Å². The fourth-order valence-corrected chi connectivity index (χ4v) is 2.47. The number of hydrogen-bond donors (Lipinski definition) is 2. The van der Waals surface area contributed by atoms with E-state index in [1.165, 1.54) is 11.3 Å². The Morgan fingerprint density at radius 1 is 1.00 bits per heavy atom.